The van der Waals surface area contributed by atoms with Crippen molar-refractivity contribution in [2.75, 3.05) is 0 Å². The van der Waals surface area contributed by atoms with Crippen LogP contribution in [0, 0.1) is 5.92 Å². The van der Waals surface area contributed by atoms with Crippen molar-refractivity contribution in [3.05, 3.63) is 11.6 Å². The van der Waals surface area contributed by atoms with Gasteiger partial charge in [-0.2, -0.15) is 0 Å². The van der Waals surface area contributed by atoms with Crippen molar-refractivity contribution >= 4 is 6.29 Å². The fourth-order valence-corrected chi connectivity index (χ4v) is 1.04. The van der Waals surface area contributed by atoms with Crippen LogP contribution in [0.5, 0.6) is 0 Å². The SMILES string of the molecule is CC1=CCCC1C=O. The van der Waals surface area contributed by atoms with E-state index in [0.717, 1.165) is 19.1 Å². The van der Waals surface area contributed by atoms with Crippen molar-refractivity contribution in [2.24, 2.45) is 5.92 Å². The molecule has 0 radical (unpaired) electrons. The molecule has 1 rings (SSSR count). The van der Waals surface area contributed by atoms with Crippen LogP contribution in [-0.2, 0) is 4.79 Å². The van der Waals surface area contributed by atoms with Gasteiger partial charge < -0.3 is 4.79 Å². The van der Waals surface area contributed by atoms with E-state index in [9.17, 15) is 4.79 Å². The third-order valence-corrected chi connectivity index (χ3v) is 1.69. The zero-order chi connectivity index (χ0) is 5.98. The minimum absolute atomic E-state index is 0.245. The lowest BCUT2D eigenvalue weighted by Gasteiger charge is -1.97. The zero-order valence-electron chi connectivity index (χ0n) is 5.05. The maximum absolute atomic E-state index is 10.2. The average molecular weight is 110 g/mol. The second-order valence-electron chi connectivity index (χ2n) is 2.27. The summed E-state index contributed by atoms with van der Waals surface area (Å²) in [7, 11) is 0. The lowest BCUT2D eigenvalue weighted by molar-refractivity contribution is -0.110. The monoisotopic (exact) mass is 110 g/mol. The molecule has 1 aliphatic carbocycles. The molecule has 0 fully saturated rings. The fraction of sp³-hybridized carbons (Fsp3) is 0.571. The molecule has 0 aromatic heterocycles. The van der Waals surface area contributed by atoms with Gasteiger partial charge in [0.05, 0.1) is 0 Å². The fourth-order valence-electron chi connectivity index (χ4n) is 1.04. The third kappa shape index (κ3) is 0.808. The highest BCUT2D eigenvalue weighted by molar-refractivity contribution is 5.59. The van der Waals surface area contributed by atoms with Gasteiger partial charge in [-0.05, 0) is 19.8 Å². The first-order chi connectivity index (χ1) is 3.84. The summed E-state index contributed by atoms with van der Waals surface area (Å²) in [6.07, 6.45) is 5.31. The van der Waals surface area contributed by atoms with E-state index in [1.807, 2.05) is 6.92 Å². The molecule has 44 valence electrons. The topological polar surface area (TPSA) is 17.1 Å². The molecule has 1 aliphatic rings. The molecule has 1 heteroatoms. The number of aldehydes is 1. The van der Waals surface area contributed by atoms with E-state index in [4.69, 9.17) is 0 Å². The largest absolute Gasteiger partial charge is 0.303 e. The summed E-state index contributed by atoms with van der Waals surface area (Å²) in [5.74, 6) is 0.245. The Morgan fingerprint density at radius 2 is 2.62 bits per heavy atom. The highest BCUT2D eigenvalue weighted by atomic mass is 16.1. The Kier molecular flexibility index (Phi) is 1.47. The second kappa shape index (κ2) is 2.12. The molecular weight excluding hydrogens is 100 g/mol. The number of carbonyl (C=O) groups is 1. The smallest absolute Gasteiger partial charge is 0.127 e. The summed E-state index contributed by atoms with van der Waals surface area (Å²) < 4.78 is 0. The van der Waals surface area contributed by atoms with Crippen LogP contribution >= 0.6 is 0 Å². The molecule has 0 N–H and O–H groups in total. The van der Waals surface area contributed by atoms with Crippen molar-refractivity contribution < 1.29 is 4.79 Å². The number of carbonyl (C=O) groups excluding carboxylic acids is 1. The van der Waals surface area contributed by atoms with Crippen LogP contribution in [0.15, 0.2) is 11.6 Å². The molecule has 1 atom stereocenters. The van der Waals surface area contributed by atoms with Crippen molar-refractivity contribution in [3.8, 4) is 0 Å². The predicted molar refractivity (Wildman–Crippen MR) is 32.5 cm³/mol. The Morgan fingerprint density at radius 3 is 2.88 bits per heavy atom. The molecule has 0 aliphatic heterocycles. The van der Waals surface area contributed by atoms with Gasteiger partial charge in [0, 0.05) is 5.92 Å². The van der Waals surface area contributed by atoms with E-state index >= 15 is 0 Å². The van der Waals surface area contributed by atoms with Crippen LogP contribution < -0.4 is 0 Å². The lowest BCUT2D eigenvalue weighted by atomic mass is 10.1. The molecule has 0 aromatic rings. The van der Waals surface area contributed by atoms with E-state index in [1.165, 1.54) is 5.57 Å². The van der Waals surface area contributed by atoms with Crippen LogP contribution in [0.3, 0.4) is 0 Å². The first-order valence-electron chi connectivity index (χ1n) is 2.96. The van der Waals surface area contributed by atoms with E-state index in [-0.39, 0.29) is 5.92 Å². The summed E-state index contributed by atoms with van der Waals surface area (Å²) in [4.78, 5) is 10.2. The highest BCUT2D eigenvalue weighted by Gasteiger charge is 2.12. The van der Waals surface area contributed by atoms with Crippen molar-refractivity contribution in [1.82, 2.24) is 0 Å². The summed E-state index contributed by atoms with van der Waals surface area (Å²) in [5.41, 5.74) is 1.25. The van der Waals surface area contributed by atoms with E-state index < -0.39 is 0 Å². The van der Waals surface area contributed by atoms with Gasteiger partial charge in [-0.1, -0.05) is 11.6 Å². The zero-order valence-corrected chi connectivity index (χ0v) is 5.05. The Hall–Kier alpha value is -0.590. The minimum Gasteiger partial charge on any atom is -0.303 e. The molecule has 0 amide bonds. The number of hydrogen-bond donors (Lipinski definition) is 0. The van der Waals surface area contributed by atoms with Gasteiger partial charge >= 0.3 is 0 Å². The first-order valence-corrected chi connectivity index (χ1v) is 2.96. The highest BCUT2D eigenvalue weighted by Crippen LogP contribution is 2.22. The van der Waals surface area contributed by atoms with Gasteiger partial charge in [0.25, 0.3) is 0 Å². The van der Waals surface area contributed by atoms with Gasteiger partial charge in [-0.3, -0.25) is 0 Å². The summed E-state index contributed by atoms with van der Waals surface area (Å²) in [5, 5.41) is 0. The van der Waals surface area contributed by atoms with E-state index in [2.05, 4.69) is 6.08 Å². The van der Waals surface area contributed by atoms with E-state index in [1.54, 1.807) is 0 Å². The molecule has 0 saturated carbocycles. The molecule has 0 aromatic carbocycles. The van der Waals surface area contributed by atoms with Gasteiger partial charge in [0.2, 0.25) is 0 Å². The van der Waals surface area contributed by atoms with Crippen molar-refractivity contribution in [3.63, 3.8) is 0 Å². The standard InChI is InChI=1S/C7H10O/c1-6-3-2-4-7(6)5-8/h3,5,7H,2,4H2,1H3. The maximum Gasteiger partial charge on any atom is 0.127 e. The Balaban J connectivity index is 2.58. The molecule has 0 bridgehead atoms. The second-order valence-corrected chi connectivity index (χ2v) is 2.27. The summed E-state index contributed by atoms with van der Waals surface area (Å²) in [6.45, 7) is 2.02. The van der Waals surface area contributed by atoms with Crippen LogP contribution in [0.4, 0.5) is 0 Å². The molecular formula is C7H10O. The van der Waals surface area contributed by atoms with Crippen molar-refractivity contribution in [2.45, 2.75) is 19.8 Å². The first kappa shape index (κ1) is 5.54. The summed E-state index contributed by atoms with van der Waals surface area (Å²) in [6, 6.07) is 0. The Labute approximate surface area is 49.4 Å². The van der Waals surface area contributed by atoms with Crippen LogP contribution in [0.2, 0.25) is 0 Å². The number of rotatable bonds is 1. The predicted octanol–water partition coefficient (Wildman–Crippen LogP) is 1.54. The van der Waals surface area contributed by atoms with Gasteiger partial charge in [0.1, 0.15) is 6.29 Å². The molecule has 0 saturated heterocycles. The van der Waals surface area contributed by atoms with Gasteiger partial charge in [0.15, 0.2) is 0 Å². The van der Waals surface area contributed by atoms with Crippen LogP contribution in [0.25, 0.3) is 0 Å². The van der Waals surface area contributed by atoms with Crippen molar-refractivity contribution in [1.29, 1.82) is 0 Å². The molecule has 0 heterocycles. The normalized spacial score (nSPS) is 27.6. The molecule has 1 nitrogen and oxygen atoms in total. The molecule has 0 spiro atoms. The van der Waals surface area contributed by atoms with Crippen LogP contribution in [-0.4, -0.2) is 6.29 Å². The molecule has 1 unspecified atom stereocenters. The Morgan fingerprint density at radius 1 is 1.88 bits per heavy atom. The van der Waals surface area contributed by atoms with E-state index in [0.29, 0.717) is 0 Å². The number of allylic oxidation sites excluding steroid dienone is 2. The van der Waals surface area contributed by atoms with Crippen LogP contribution in [0.1, 0.15) is 19.8 Å². The maximum atomic E-state index is 10.2. The third-order valence-electron chi connectivity index (χ3n) is 1.69. The summed E-state index contributed by atoms with van der Waals surface area (Å²) >= 11 is 0. The number of hydrogen-bond acceptors (Lipinski definition) is 1. The lowest BCUT2D eigenvalue weighted by Crippen LogP contribution is -1.96. The van der Waals surface area contributed by atoms with Gasteiger partial charge in [-0.25, -0.2) is 0 Å². The quantitative estimate of drug-likeness (QED) is 0.369. The average Bonchev–Trinajstić information content (AvgIpc) is 2.14. The van der Waals surface area contributed by atoms with Gasteiger partial charge in [-0.15, -0.1) is 0 Å². The Bertz CT molecular complexity index is 124. The molecule has 8 heavy (non-hydrogen) atoms. The minimum atomic E-state index is 0.245.